The molecule has 19 heavy (non-hydrogen) atoms. The van der Waals surface area contributed by atoms with Crippen LogP contribution in [0.15, 0.2) is 18.2 Å². The van der Waals surface area contributed by atoms with Gasteiger partial charge in [0.2, 0.25) is 5.91 Å². The van der Waals surface area contributed by atoms with E-state index in [0.29, 0.717) is 13.0 Å². The summed E-state index contributed by atoms with van der Waals surface area (Å²) in [4.78, 5) is 11.9. The van der Waals surface area contributed by atoms with Crippen LogP contribution in [0.1, 0.15) is 25.3 Å². The van der Waals surface area contributed by atoms with Crippen molar-refractivity contribution in [2.24, 2.45) is 5.92 Å². The first-order chi connectivity index (χ1) is 9.19. The van der Waals surface area contributed by atoms with Crippen LogP contribution in [0.25, 0.3) is 0 Å². The van der Waals surface area contributed by atoms with Gasteiger partial charge >= 0.3 is 0 Å². The van der Waals surface area contributed by atoms with Crippen molar-refractivity contribution < 1.29 is 9.53 Å². The summed E-state index contributed by atoms with van der Waals surface area (Å²) in [6.07, 6.45) is 2.77. The summed E-state index contributed by atoms with van der Waals surface area (Å²) in [5.74, 6) is 0.279. The number of amides is 1. The molecule has 4 nitrogen and oxygen atoms in total. The van der Waals surface area contributed by atoms with Gasteiger partial charge in [-0.05, 0) is 36.5 Å². The van der Waals surface area contributed by atoms with Crippen LogP contribution in [0.5, 0.6) is 0 Å². The Kier molecular flexibility index (Phi) is 4.80. The maximum Gasteiger partial charge on any atom is 0.224 e. The van der Waals surface area contributed by atoms with Crippen molar-refractivity contribution in [1.82, 2.24) is 0 Å². The molecule has 0 spiro atoms. The molecule has 0 aromatic heterocycles. The molecule has 1 heterocycles. The van der Waals surface area contributed by atoms with Gasteiger partial charge in [-0.2, -0.15) is 0 Å². The highest BCUT2D eigenvalue weighted by Crippen LogP contribution is 2.25. The molecule has 1 aromatic rings. The fourth-order valence-corrected chi connectivity index (χ4v) is 2.41. The van der Waals surface area contributed by atoms with Crippen molar-refractivity contribution in [1.29, 1.82) is 0 Å². The van der Waals surface area contributed by atoms with Gasteiger partial charge in [-0.15, -0.1) is 0 Å². The first-order valence-corrected chi connectivity index (χ1v) is 6.84. The van der Waals surface area contributed by atoms with Gasteiger partial charge in [-0.3, -0.25) is 4.79 Å². The molecule has 0 saturated carbocycles. The number of hydrogen-bond acceptors (Lipinski definition) is 3. The van der Waals surface area contributed by atoms with Crippen molar-refractivity contribution in [2.45, 2.75) is 26.2 Å². The van der Waals surface area contributed by atoms with Gasteiger partial charge in [0, 0.05) is 38.1 Å². The number of fused-ring (bicyclic) bond motifs is 1. The largest absolute Gasteiger partial charge is 0.385 e. The van der Waals surface area contributed by atoms with E-state index in [4.69, 9.17) is 4.74 Å². The SMILES string of the molecule is COCC(C)CC(=O)Nc1ccc2c(c1)NCCC2. The van der Waals surface area contributed by atoms with Gasteiger partial charge in [0.25, 0.3) is 0 Å². The monoisotopic (exact) mass is 262 g/mol. The first-order valence-electron chi connectivity index (χ1n) is 6.84. The summed E-state index contributed by atoms with van der Waals surface area (Å²) in [5, 5.41) is 6.31. The zero-order valence-electron chi connectivity index (χ0n) is 11.7. The number of anilines is 2. The number of rotatable bonds is 5. The van der Waals surface area contributed by atoms with Gasteiger partial charge in [0.1, 0.15) is 0 Å². The lowest BCUT2D eigenvalue weighted by molar-refractivity contribution is -0.117. The highest BCUT2D eigenvalue weighted by atomic mass is 16.5. The Hall–Kier alpha value is -1.55. The molecule has 2 N–H and O–H groups in total. The molecule has 104 valence electrons. The molecule has 0 saturated heterocycles. The second-order valence-electron chi connectivity index (χ2n) is 5.22. The average Bonchev–Trinajstić information content (AvgIpc) is 2.38. The lowest BCUT2D eigenvalue weighted by Crippen LogP contribution is -2.18. The Bertz CT molecular complexity index is 446. The summed E-state index contributed by atoms with van der Waals surface area (Å²) in [5.41, 5.74) is 3.34. The molecule has 1 aromatic carbocycles. The zero-order chi connectivity index (χ0) is 13.7. The number of ether oxygens (including phenoxy) is 1. The quantitative estimate of drug-likeness (QED) is 0.857. The number of hydrogen-bond donors (Lipinski definition) is 2. The lowest BCUT2D eigenvalue weighted by Gasteiger charge is -2.19. The van der Waals surface area contributed by atoms with Gasteiger partial charge in [-0.1, -0.05) is 13.0 Å². The third-order valence-electron chi connectivity index (χ3n) is 3.32. The molecule has 1 aliphatic rings. The van der Waals surface area contributed by atoms with Gasteiger partial charge < -0.3 is 15.4 Å². The van der Waals surface area contributed by atoms with E-state index in [1.54, 1.807) is 7.11 Å². The maximum atomic E-state index is 11.9. The Morgan fingerprint density at radius 2 is 2.37 bits per heavy atom. The Morgan fingerprint density at radius 1 is 1.53 bits per heavy atom. The lowest BCUT2D eigenvalue weighted by atomic mass is 10.0. The van der Waals surface area contributed by atoms with E-state index in [-0.39, 0.29) is 11.8 Å². The number of nitrogens with one attached hydrogen (secondary N) is 2. The van der Waals surface area contributed by atoms with Gasteiger partial charge in [0.05, 0.1) is 0 Å². The molecule has 1 aliphatic heterocycles. The van der Waals surface area contributed by atoms with E-state index in [2.05, 4.69) is 16.7 Å². The molecule has 4 heteroatoms. The smallest absolute Gasteiger partial charge is 0.224 e. The molecule has 1 atom stereocenters. The van der Waals surface area contributed by atoms with E-state index in [0.717, 1.165) is 24.3 Å². The topological polar surface area (TPSA) is 50.4 Å². The van der Waals surface area contributed by atoms with E-state index >= 15 is 0 Å². The van der Waals surface area contributed by atoms with Crippen LogP contribution in [0.2, 0.25) is 0 Å². The summed E-state index contributed by atoms with van der Waals surface area (Å²) in [6.45, 7) is 3.63. The number of carbonyl (C=O) groups is 1. The molecule has 1 unspecified atom stereocenters. The Morgan fingerprint density at radius 3 is 3.16 bits per heavy atom. The van der Waals surface area contributed by atoms with E-state index in [1.807, 2.05) is 19.1 Å². The average molecular weight is 262 g/mol. The van der Waals surface area contributed by atoms with Crippen LogP contribution in [-0.2, 0) is 16.0 Å². The first kappa shape index (κ1) is 13.9. The number of benzene rings is 1. The molecule has 2 rings (SSSR count). The van der Waals surface area contributed by atoms with Crippen molar-refractivity contribution in [3.8, 4) is 0 Å². The molecule has 0 fully saturated rings. The van der Waals surface area contributed by atoms with Crippen LogP contribution in [0, 0.1) is 5.92 Å². The summed E-state index contributed by atoms with van der Waals surface area (Å²) in [6, 6.07) is 6.09. The summed E-state index contributed by atoms with van der Waals surface area (Å²) >= 11 is 0. The second-order valence-corrected chi connectivity index (χ2v) is 5.22. The molecular formula is C15H22N2O2. The molecule has 1 amide bonds. The van der Waals surface area contributed by atoms with Crippen LogP contribution < -0.4 is 10.6 Å². The van der Waals surface area contributed by atoms with Gasteiger partial charge in [-0.25, -0.2) is 0 Å². The number of methoxy groups -OCH3 is 1. The third-order valence-corrected chi connectivity index (χ3v) is 3.32. The van der Waals surface area contributed by atoms with Crippen molar-refractivity contribution in [3.05, 3.63) is 23.8 Å². The molecular weight excluding hydrogens is 240 g/mol. The van der Waals surface area contributed by atoms with Crippen LogP contribution >= 0.6 is 0 Å². The molecule has 0 radical (unpaired) electrons. The normalized spacial score (nSPS) is 15.3. The number of aryl methyl sites for hydroxylation is 1. The van der Waals surface area contributed by atoms with Crippen molar-refractivity contribution in [2.75, 3.05) is 30.9 Å². The minimum atomic E-state index is 0.0420. The molecule has 0 aliphatic carbocycles. The highest BCUT2D eigenvalue weighted by Gasteiger charge is 2.12. The van der Waals surface area contributed by atoms with Crippen molar-refractivity contribution >= 4 is 17.3 Å². The number of carbonyl (C=O) groups excluding carboxylic acids is 1. The standard InChI is InChI=1S/C15H22N2O2/c1-11(10-19-2)8-15(18)17-13-6-5-12-4-3-7-16-14(12)9-13/h5-6,9,11,16H,3-4,7-8,10H2,1-2H3,(H,17,18). The highest BCUT2D eigenvalue weighted by molar-refractivity contribution is 5.91. The second kappa shape index (κ2) is 6.57. The maximum absolute atomic E-state index is 11.9. The van der Waals surface area contributed by atoms with Crippen LogP contribution in [0.3, 0.4) is 0 Å². The summed E-state index contributed by atoms with van der Waals surface area (Å²) < 4.78 is 5.04. The predicted molar refractivity (Wildman–Crippen MR) is 77.5 cm³/mol. The van der Waals surface area contributed by atoms with Crippen LogP contribution in [-0.4, -0.2) is 26.2 Å². The van der Waals surface area contributed by atoms with Crippen molar-refractivity contribution in [3.63, 3.8) is 0 Å². The minimum Gasteiger partial charge on any atom is -0.385 e. The van der Waals surface area contributed by atoms with Crippen LogP contribution in [0.4, 0.5) is 11.4 Å². The van der Waals surface area contributed by atoms with E-state index in [1.165, 1.54) is 12.0 Å². The Labute approximate surface area is 114 Å². The Balaban J connectivity index is 1.93. The molecule has 0 bridgehead atoms. The third kappa shape index (κ3) is 3.96. The fourth-order valence-electron chi connectivity index (χ4n) is 2.41. The minimum absolute atomic E-state index is 0.0420. The zero-order valence-corrected chi connectivity index (χ0v) is 11.7. The van der Waals surface area contributed by atoms with E-state index in [9.17, 15) is 4.79 Å². The van der Waals surface area contributed by atoms with Gasteiger partial charge in [0.15, 0.2) is 0 Å². The van der Waals surface area contributed by atoms with E-state index < -0.39 is 0 Å². The fraction of sp³-hybridized carbons (Fsp3) is 0.533. The predicted octanol–water partition coefficient (Wildman–Crippen LogP) is 2.66. The summed E-state index contributed by atoms with van der Waals surface area (Å²) in [7, 11) is 1.66.